The van der Waals surface area contributed by atoms with Crippen molar-refractivity contribution in [3.63, 3.8) is 0 Å². The van der Waals surface area contributed by atoms with Gasteiger partial charge >= 0.3 is 0 Å². The maximum absolute atomic E-state index is 2.26. The van der Waals surface area contributed by atoms with Crippen molar-refractivity contribution in [2.24, 2.45) is 0 Å². The van der Waals surface area contributed by atoms with Gasteiger partial charge in [-0.15, -0.1) is 0 Å². The van der Waals surface area contributed by atoms with Crippen LogP contribution in [0.3, 0.4) is 0 Å². The summed E-state index contributed by atoms with van der Waals surface area (Å²) >= 11 is 0. The van der Waals surface area contributed by atoms with Crippen LogP contribution in [0.25, 0.3) is 0 Å². The van der Waals surface area contributed by atoms with Gasteiger partial charge in [-0.1, -0.05) is 43.3 Å². The molecule has 0 heteroatoms. The highest BCUT2D eigenvalue weighted by Gasteiger charge is 1.97. The van der Waals surface area contributed by atoms with Crippen LogP contribution in [0, 0.1) is 0 Å². The van der Waals surface area contributed by atoms with Crippen LogP contribution in [0.4, 0.5) is 0 Å². The normalized spacial score (nSPS) is 11.0. The molecule has 0 heterocycles. The average molecular weight is 188 g/mol. The fraction of sp³-hybridized carbons (Fsp3) is 0.429. The largest absolute Gasteiger partial charge is 0.0917 e. The van der Waals surface area contributed by atoms with Gasteiger partial charge in [-0.25, -0.2) is 0 Å². The number of rotatable bonds is 5. The van der Waals surface area contributed by atoms with E-state index in [1.165, 1.54) is 30.4 Å². The molecule has 0 aliphatic rings. The quantitative estimate of drug-likeness (QED) is 0.481. The first-order valence-electron chi connectivity index (χ1n) is 5.56. The average Bonchev–Trinajstić information content (AvgIpc) is 2.25. The maximum Gasteiger partial charge on any atom is -0.0273 e. The van der Waals surface area contributed by atoms with E-state index in [9.17, 15) is 0 Å². The second-order valence-corrected chi connectivity index (χ2v) is 3.58. The van der Waals surface area contributed by atoms with Crippen molar-refractivity contribution in [2.45, 2.75) is 39.5 Å². The minimum atomic E-state index is 1.15. The van der Waals surface area contributed by atoms with Crippen LogP contribution in [-0.2, 0) is 12.8 Å². The summed E-state index contributed by atoms with van der Waals surface area (Å²) in [6, 6.07) is 8.78. The third-order valence-corrected chi connectivity index (χ3v) is 2.55. The summed E-state index contributed by atoms with van der Waals surface area (Å²) in [5, 5.41) is 0. The molecule has 0 spiro atoms. The zero-order chi connectivity index (χ0) is 10.2. The topological polar surface area (TPSA) is 0 Å². The van der Waals surface area contributed by atoms with E-state index in [0.29, 0.717) is 0 Å². The molecule has 0 aliphatic heterocycles. The van der Waals surface area contributed by atoms with Crippen molar-refractivity contribution >= 4 is 0 Å². The lowest BCUT2D eigenvalue weighted by molar-refractivity contribution is 0.830. The number of hydrogen-bond acceptors (Lipinski definition) is 0. The molecule has 0 amide bonds. The molecule has 0 fully saturated rings. The lowest BCUT2D eigenvalue weighted by Gasteiger charge is -2.05. The van der Waals surface area contributed by atoms with Crippen molar-refractivity contribution in [2.75, 3.05) is 0 Å². The van der Waals surface area contributed by atoms with E-state index in [1.807, 2.05) is 0 Å². The Morgan fingerprint density at radius 2 is 1.86 bits per heavy atom. The van der Waals surface area contributed by atoms with E-state index in [2.05, 4.69) is 50.3 Å². The van der Waals surface area contributed by atoms with Gasteiger partial charge in [0.15, 0.2) is 0 Å². The highest BCUT2D eigenvalue weighted by atomic mass is 14.0. The fourth-order valence-electron chi connectivity index (χ4n) is 1.72. The highest BCUT2D eigenvalue weighted by molar-refractivity contribution is 5.27. The predicted molar refractivity (Wildman–Crippen MR) is 63.6 cm³/mol. The molecule has 0 nitrogen and oxygen atoms in total. The molecule has 0 bridgehead atoms. The third-order valence-electron chi connectivity index (χ3n) is 2.55. The minimum Gasteiger partial charge on any atom is -0.0917 e. The van der Waals surface area contributed by atoms with Crippen LogP contribution in [0.2, 0.25) is 0 Å². The minimum absolute atomic E-state index is 1.15. The lowest BCUT2D eigenvalue weighted by Crippen LogP contribution is -1.91. The van der Waals surface area contributed by atoms with E-state index in [4.69, 9.17) is 0 Å². The van der Waals surface area contributed by atoms with Gasteiger partial charge in [-0.3, -0.25) is 0 Å². The Kier molecular flexibility index (Phi) is 5.06. The molecule has 1 rings (SSSR count). The molecule has 0 unspecified atom stereocenters. The fourth-order valence-corrected chi connectivity index (χ4v) is 1.72. The van der Waals surface area contributed by atoms with Gasteiger partial charge in [-0.2, -0.15) is 0 Å². The van der Waals surface area contributed by atoms with Gasteiger partial charge in [0.05, 0.1) is 0 Å². The van der Waals surface area contributed by atoms with Gasteiger partial charge in [0.2, 0.25) is 0 Å². The monoisotopic (exact) mass is 188 g/mol. The molecule has 0 aromatic heterocycles. The van der Waals surface area contributed by atoms with Gasteiger partial charge in [0, 0.05) is 0 Å². The second-order valence-electron chi connectivity index (χ2n) is 3.58. The number of unbranched alkanes of at least 4 members (excludes halogenated alkanes) is 1. The smallest absolute Gasteiger partial charge is 0.0273 e. The van der Waals surface area contributed by atoms with Gasteiger partial charge < -0.3 is 0 Å². The highest BCUT2D eigenvalue weighted by Crippen LogP contribution is 2.12. The molecular weight excluding hydrogens is 168 g/mol. The molecule has 0 aliphatic carbocycles. The van der Waals surface area contributed by atoms with Crippen LogP contribution < -0.4 is 0 Å². The standard InChI is InChI=1S/C14H20/c1-3-5-6-7-11-14-12-9-8-10-13(14)4-2/h3,5,8-10,12H,4,6-7,11H2,1-2H3. The number of benzene rings is 1. The molecule has 1 aromatic carbocycles. The van der Waals surface area contributed by atoms with Crippen molar-refractivity contribution in [3.05, 3.63) is 47.5 Å². The summed E-state index contributed by atoms with van der Waals surface area (Å²) in [5.74, 6) is 0. The zero-order valence-corrected chi connectivity index (χ0v) is 9.29. The molecule has 0 saturated heterocycles. The molecule has 14 heavy (non-hydrogen) atoms. The summed E-state index contributed by atoms with van der Waals surface area (Å²) in [6.45, 7) is 4.31. The molecule has 76 valence electrons. The van der Waals surface area contributed by atoms with E-state index >= 15 is 0 Å². The SMILES string of the molecule is CC=CCCCc1ccccc1CC. The Balaban J connectivity index is 2.49. The van der Waals surface area contributed by atoms with Gasteiger partial charge in [0.25, 0.3) is 0 Å². The van der Waals surface area contributed by atoms with Gasteiger partial charge in [-0.05, 0) is 43.7 Å². The summed E-state index contributed by atoms with van der Waals surface area (Å²) in [4.78, 5) is 0. The van der Waals surface area contributed by atoms with E-state index < -0.39 is 0 Å². The molecular formula is C14H20. The second kappa shape index (κ2) is 6.42. The Morgan fingerprint density at radius 1 is 1.14 bits per heavy atom. The maximum atomic E-state index is 2.26. The molecule has 1 aromatic rings. The van der Waals surface area contributed by atoms with Crippen molar-refractivity contribution in [3.8, 4) is 0 Å². The zero-order valence-electron chi connectivity index (χ0n) is 9.29. The van der Waals surface area contributed by atoms with Crippen molar-refractivity contribution in [1.29, 1.82) is 0 Å². The Morgan fingerprint density at radius 3 is 2.50 bits per heavy atom. The first-order valence-corrected chi connectivity index (χ1v) is 5.56. The molecule has 0 saturated carbocycles. The van der Waals surface area contributed by atoms with E-state index in [1.54, 1.807) is 0 Å². The Hall–Kier alpha value is -1.04. The summed E-state index contributed by atoms with van der Waals surface area (Å²) in [5.41, 5.74) is 3.03. The number of allylic oxidation sites excluding steroid dienone is 2. The van der Waals surface area contributed by atoms with Crippen LogP contribution >= 0.6 is 0 Å². The molecule has 0 atom stereocenters. The lowest BCUT2D eigenvalue weighted by atomic mass is 10.0. The van der Waals surface area contributed by atoms with Gasteiger partial charge in [0.1, 0.15) is 0 Å². The van der Waals surface area contributed by atoms with Crippen LogP contribution in [-0.4, -0.2) is 0 Å². The van der Waals surface area contributed by atoms with Crippen molar-refractivity contribution < 1.29 is 0 Å². The number of hydrogen-bond donors (Lipinski definition) is 0. The van der Waals surface area contributed by atoms with E-state index in [0.717, 1.165) is 6.42 Å². The van der Waals surface area contributed by atoms with Crippen LogP contribution in [0.1, 0.15) is 37.8 Å². The number of aryl methyl sites for hydroxylation is 2. The molecule has 0 radical (unpaired) electrons. The Labute approximate surface area is 87.7 Å². The van der Waals surface area contributed by atoms with Crippen molar-refractivity contribution in [1.82, 2.24) is 0 Å². The first-order chi connectivity index (χ1) is 6.88. The predicted octanol–water partition coefficient (Wildman–Crippen LogP) is 4.15. The van der Waals surface area contributed by atoms with Crippen LogP contribution in [0.15, 0.2) is 36.4 Å². The Bertz CT molecular complexity index is 284. The summed E-state index contributed by atoms with van der Waals surface area (Å²) in [7, 11) is 0. The summed E-state index contributed by atoms with van der Waals surface area (Å²) in [6.07, 6.45) is 9.21. The van der Waals surface area contributed by atoms with Crippen LogP contribution in [0.5, 0.6) is 0 Å². The summed E-state index contributed by atoms with van der Waals surface area (Å²) < 4.78 is 0. The first kappa shape index (κ1) is 11.0. The van der Waals surface area contributed by atoms with E-state index in [-0.39, 0.29) is 0 Å². The third kappa shape index (κ3) is 3.37. The molecule has 0 N–H and O–H groups in total.